The van der Waals surface area contributed by atoms with E-state index in [1.807, 2.05) is 13.0 Å². The second-order valence-electron chi connectivity index (χ2n) is 4.39. The average molecular weight is 294 g/mol. The van der Waals surface area contributed by atoms with E-state index >= 15 is 0 Å². The summed E-state index contributed by atoms with van der Waals surface area (Å²) in [7, 11) is -3.71. The van der Waals surface area contributed by atoms with Crippen LogP contribution in [0.5, 0.6) is 0 Å². The van der Waals surface area contributed by atoms with E-state index in [1.165, 1.54) is 12.1 Å². The minimum atomic E-state index is -3.71. The third kappa shape index (κ3) is 4.15. The highest BCUT2D eigenvalue weighted by Gasteiger charge is 2.19. The van der Waals surface area contributed by atoms with Gasteiger partial charge in [0, 0.05) is 18.0 Å². The van der Waals surface area contributed by atoms with E-state index in [0.29, 0.717) is 18.4 Å². The van der Waals surface area contributed by atoms with Gasteiger partial charge in [-0.3, -0.25) is 4.79 Å². The Morgan fingerprint density at radius 2 is 2.10 bits per heavy atom. The maximum absolute atomic E-state index is 12.2. The van der Waals surface area contributed by atoms with E-state index in [2.05, 4.69) is 4.72 Å². The van der Waals surface area contributed by atoms with Gasteiger partial charge in [-0.1, -0.05) is 26.0 Å². The third-order valence-electron chi connectivity index (χ3n) is 2.94. The molecule has 6 heteroatoms. The van der Waals surface area contributed by atoms with Crippen molar-refractivity contribution in [3.63, 3.8) is 0 Å². The van der Waals surface area contributed by atoms with Crippen LogP contribution in [0.1, 0.15) is 43.5 Å². The number of ketones is 1. The second kappa shape index (κ2) is 7.17. The van der Waals surface area contributed by atoms with Gasteiger partial charge in [0.1, 0.15) is 0 Å². The van der Waals surface area contributed by atoms with Crippen molar-refractivity contribution in [1.82, 2.24) is 4.72 Å². The minimum absolute atomic E-state index is 0.0492. The largest absolute Gasteiger partial charge is 0.294 e. The summed E-state index contributed by atoms with van der Waals surface area (Å²) in [6, 6.07) is 7.48. The van der Waals surface area contributed by atoms with Gasteiger partial charge in [0.05, 0.1) is 17.4 Å². The lowest BCUT2D eigenvalue weighted by Crippen LogP contribution is -2.34. The van der Waals surface area contributed by atoms with Crippen molar-refractivity contribution in [3.8, 4) is 6.07 Å². The summed E-state index contributed by atoms with van der Waals surface area (Å²) in [5.41, 5.74) is 0.378. The molecule has 0 saturated carbocycles. The van der Waals surface area contributed by atoms with Gasteiger partial charge < -0.3 is 0 Å². The normalized spacial score (nSPS) is 12.7. The molecule has 5 nitrogen and oxygen atoms in total. The van der Waals surface area contributed by atoms with Crippen molar-refractivity contribution in [1.29, 1.82) is 5.26 Å². The molecule has 0 aliphatic carbocycles. The molecule has 0 amide bonds. The molecule has 108 valence electrons. The molecular formula is C14H18N2O3S. The van der Waals surface area contributed by atoms with Crippen molar-refractivity contribution in [2.24, 2.45) is 0 Å². The van der Waals surface area contributed by atoms with Gasteiger partial charge >= 0.3 is 0 Å². The molecule has 1 aromatic rings. The van der Waals surface area contributed by atoms with E-state index in [0.717, 1.165) is 0 Å². The summed E-state index contributed by atoms with van der Waals surface area (Å²) in [5, 5.41) is 8.65. The van der Waals surface area contributed by atoms with E-state index in [1.54, 1.807) is 19.1 Å². The van der Waals surface area contributed by atoms with Crippen molar-refractivity contribution >= 4 is 15.8 Å². The fourth-order valence-electron chi connectivity index (χ4n) is 1.71. The molecule has 0 radical (unpaired) electrons. The first kappa shape index (κ1) is 16.3. The average Bonchev–Trinajstić information content (AvgIpc) is 2.45. The highest BCUT2D eigenvalue weighted by molar-refractivity contribution is 7.89. The summed E-state index contributed by atoms with van der Waals surface area (Å²) in [6.45, 7) is 3.53. The van der Waals surface area contributed by atoms with Crippen LogP contribution in [0, 0.1) is 11.3 Å². The fourth-order valence-corrected chi connectivity index (χ4v) is 3.07. The first-order chi connectivity index (χ1) is 9.44. The Hall–Kier alpha value is -1.71. The summed E-state index contributed by atoms with van der Waals surface area (Å²) < 4.78 is 26.9. The van der Waals surface area contributed by atoms with Gasteiger partial charge in [0.25, 0.3) is 0 Å². The number of carbonyl (C=O) groups excluding carboxylic acids is 1. The zero-order chi connectivity index (χ0) is 15.2. The molecule has 0 aromatic heterocycles. The molecule has 20 heavy (non-hydrogen) atoms. The first-order valence-electron chi connectivity index (χ1n) is 6.47. The third-order valence-corrected chi connectivity index (χ3v) is 4.46. The van der Waals surface area contributed by atoms with E-state index in [4.69, 9.17) is 5.26 Å². The minimum Gasteiger partial charge on any atom is -0.294 e. The number of rotatable bonds is 7. The predicted octanol–water partition coefficient (Wildman–Crippen LogP) is 2.25. The smallest absolute Gasteiger partial charge is 0.240 e. The number of hydrogen-bond donors (Lipinski definition) is 1. The Balaban J connectivity index is 3.04. The predicted molar refractivity (Wildman–Crippen MR) is 75.7 cm³/mol. The fraction of sp³-hybridized carbons (Fsp3) is 0.429. The van der Waals surface area contributed by atoms with Crippen molar-refractivity contribution in [2.45, 2.75) is 44.0 Å². The molecular weight excluding hydrogens is 276 g/mol. The Kier molecular flexibility index (Phi) is 5.86. The van der Waals surface area contributed by atoms with Gasteiger partial charge in [-0.05, 0) is 18.6 Å². The van der Waals surface area contributed by atoms with Gasteiger partial charge in [-0.25, -0.2) is 13.1 Å². The first-order valence-corrected chi connectivity index (χ1v) is 7.95. The molecule has 0 bridgehead atoms. The Bertz CT molecular complexity index is 618. The summed E-state index contributed by atoms with van der Waals surface area (Å²) in [5.74, 6) is -0.105. The summed E-state index contributed by atoms with van der Waals surface area (Å²) >= 11 is 0. The van der Waals surface area contributed by atoms with Crippen molar-refractivity contribution < 1.29 is 13.2 Å². The standard InChI is InChI=1S/C14H18N2O3S/c1-3-12(8-9-15)16-20(18,19)13-7-5-6-11(10-13)14(17)4-2/h5-7,10,12,16H,3-4,8H2,1-2H3. The number of nitriles is 1. The monoisotopic (exact) mass is 294 g/mol. The van der Waals surface area contributed by atoms with Gasteiger partial charge in [-0.15, -0.1) is 0 Å². The molecule has 1 unspecified atom stereocenters. The van der Waals surface area contributed by atoms with Crippen LogP contribution >= 0.6 is 0 Å². The zero-order valence-electron chi connectivity index (χ0n) is 11.6. The van der Waals surface area contributed by atoms with Crippen LogP contribution in [0.4, 0.5) is 0 Å². The van der Waals surface area contributed by atoms with E-state index in [9.17, 15) is 13.2 Å². The van der Waals surface area contributed by atoms with E-state index < -0.39 is 16.1 Å². The number of nitrogens with zero attached hydrogens (tertiary/aromatic N) is 1. The summed E-state index contributed by atoms with van der Waals surface area (Å²) in [6.07, 6.45) is 0.965. The van der Waals surface area contributed by atoms with Crippen LogP contribution in [0.3, 0.4) is 0 Å². The van der Waals surface area contributed by atoms with Crippen LogP contribution in [0.2, 0.25) is 0 Å². The van der Waals surface area contributed by atoms with E-state index in [-0.39, 0.29) is 17.1 Å². The number of nitrogens with one attached hydrogen (secondary N) is 1. The summed E-state index contributed by atoms with van der Waals surface area (Å²) in [4.78, 5) is 11.7. The maximum Gasteiger partial charge on any atom is 0.240 e. The lowest BCUT2D eigenvalue weighted by molar-refractivity contribution is 0.0988. The number of carbonyl (C=O) groups is 1. The maximum atomic E-state index is 12.2. The molecule has 1 rings (SSSR count). The number of Topliss-reactive ketones (excluding diaryl/α,β-unsaturated/α-hetero) is 1. The molecule has 0 fully saturated rings. The van der Waals surface area contributed by atoms with Crippen LogP contribution < -0.4 is 4.72 Å². The van der Waals surface area contributed by atoms with Gasteiger partial charge in [-0.2, -0.15) is 5.26 Å². The molecule has 0 heterocycles. The van der Waals surface area contributed by atoms with Crippen LogP contribution in [0.15, 0.2) is 29.2 Å². The highest BCUT2D eigenvalue weighted by atomic mass is 32.2. The molecule has 0 aliphatic heterocycles. The molecule has 1 atom stereocenters. The van der Waals surface area contributed by atoms with Crippen LogP contribution in [-0.4, -0.2) is 20.2 Å². The molecule has 0 spiro atoms. The lowest BCUT2D eigenvalue weighted by atomic mass is 10.1. The zero-order valence-corrected chi connectivity index (χ0v) is 12.4. The van der Waals surface area contributed by atoms with Gasteiger partial charge in [0.15, 0.2) is 5.78 Å². The van der Waals surface area contributed by atoms with Crippen molar-refractivity contribution in [2.75, 3.05) is 0 Å². The molecule has 1 N–H and O–H groups in total. The molecule has 1 aromatic carbocycles. The number of sulfonamides is 1. The number of benzene rings is 1. The van der Waals surface area contributed by atoms with Crippen molar-refractivity contribution in [3.05, 3.63) is 29.8 Å². The number of hydrogen-bond acceptors (Lipinski definition) is 4. The van der Waals surface area contributed by atoms with Crippen LogP contribution in [-0.2, 0) is 10.0 Å². The lowest BCUT2D eigenvalue weighted by Gasteiger charge is -2.14. The molecule has 0 aliphatic rings. The Labute approximate surface area is 119 Å². The quantitative estimate of drug-likeness (QED) is 0.781. The molecule has 0 saturated heterocycles. The second-order valence-corrected chi connectivity index (χ2v) is 6.11. The Morgan fingerprint density at radius 1 is 1.40 bits per heavy atom. The highest BCUT2D eigenvalue weighted by Crippen LogP contribution is 2.14. The SMILES string of the molecule is CCC(=O)c1cccc(S(=O)(=O)NC(CC)CC#N)c1. The topological polar surface area (TPSA) is 87.0 Å². The Morgan fingerprint density at radius 3 is 2.65 bits per heavy atom. The van der Waals surface area contributed by atoms with Crippen LogP contribution in [0.25, 0.3) is 0 Å². The van der Waals surface area contributed by atoms with Gasteiger partial charge in [0.2, 0.25) is 10.0 Å².